The predicted octanol–water partition coefficient (Wildman–Crippen LogP) is 4.88. The molecule has 0 aromatic heterocycles. The zero-order chi connectivity index (χ0) is 13.3. The van der Waals surface area contributed by atoms with Crippen molar-refractivity contribution in [3.63, 3.8) is 0 Å². The van der Waals surface area contributed by atoms with Gasteiger partial charge in [-0.25, -0.2) is 0 Å². The van der Waals surface area contributed by atoms with E-state index in [0.29, 0.717) is 0 Å². The lowest BCUT2D eigenvalue weighted by molar-refractivity contribution is 0.962. The average Bonchev–Trinajstić information content (AvgIpc) is 2.32. The third-order valence-corrected chi connectivity index (χ3v) is 2.80. The highest BCUT2D eigenvalue weighted by molar-refractivity contribution is 5.98. The second-order valence-electron chi connectivity index (χ2n) is 4.26. The van der Waals surface area contributed by atoms with E-state index in [1.54, 1.807) is 0 Å². The third kappa shape index (κ3) is 6.06. The Bertz CT molecular complexity index is 361. The van der Waals surface area contributed by atoms with Gasteiger partial charge in [0.2, 0.25) is 0 Å². The quantitative estimate of drug-likeness (QED) is 0.456. The second kappa shape index (κ2) is 8.74. The van der Waals surface area contributed by atoms with Crippen LogP contribution in [-0.4, -0.2) is 12.8 Å². The fraction of sp³-hybridized carbons (Fsp3) is 0.438. The number of nitrogens with zero attached hydrogens (tertiary/aromatic N) is 1. The molecule has 0 heterocycles. The first-order valence-corrected chi connectivity index (χ1v) is 6.11. The molecular weight excluding hydrogens is 206 g/mol. The maximum Gasteiger partial charge on any atom is 0.0345 e. The van der Waals surface area contributed by atoms with Crippen LogP contribution >= 0.6 is 0 Å². The Hall–Kier alpha value is -1.37. The summed E-state index contributed by atoms with van der Waals surface area (Å²) in [5.41, 5.74) is 5.12. The number of aliphatic imine (C=N–C) groups is 1. The van der Waals surface area contributed by atoms with E-state index in [9.17, 15) is 0 Å². The second-order valence-corrected chi connectivity index (χ2v) is 4.26. The predicted molar refractivity (Wildman–Crippen MR) is 79.7 cm³/mol. The maximum atomic E-state index is 4.28. The van der Waals surface area contributed by atoms with Crippen molar-refractivity contribution >= 4 is 5.71 Å². The molecule has 0 saturated heterocycles. The summed E-state index contributed by atoms with van der Waals surface area (Å²) in [5.74, 6) is 0. The van der Waals surface area contributed by atoms with Gasteiger partial charge in [-0.15, -0.1) is 0 Å². The van der Waals surface area contributed by atoms with Crippen molar-refractivity contribution in [3.8, 4) is 0 Å². The van der Waals surface area contributed by atoms with E-state index in [2.05, 4.69) is 44.5 Å². The Kier molecular flexibility index (Phi) is 8.04. The van der Waals surface area contributed by atoms with Crippen molar-refractivity contribution in [2.45, 2.75) is 40.5 Å². The lowest BCUT2D eigenvalue weighted by atomic mass is 9.97. The van der Waals surface area contributed by atoms with Crippen molar-refractivity contribution in [2.75, 3.05) is 7.05 Å². The van der Waals surface area contributed by atoms with Gasteiger partial charge in [-0.2, -0.15) is 0 Å². The molecule has 0 aromatic carbocycles. The Morgan fingerprint density at radius 1 is 1.18 bits per heavy atom. The molecule has 0 atom stereocenters. The summed E-state index contributed by atoms with van der Waals surface area (Å²) in [6.45, 7) is 12.2. The molecule has 0 spiro atoms. The molecule has 0 saturated carbocycles. The molecule has 0 bridgehead atoms. The van der Waals surface area contributed by atoms with E-state index in [1.165, 1.54) is 16.7 Å². The summed E-state index contributed by atoms with van der Waals surface area (Å²) in [5, 5.41) is 0. The van der Waals surface area contributed by atoms with Crippen LogP contribution in [-0.2, 0) is 0 Å². The Morgan fingerprint density at radius 3 is 2.24 bits per heavy atom. The minimum atomic E-state index is 1.02. The molecule has 0 fully saturated rings. The van der Waals surface area contributed by atoms with Crippen molar-refractivity contribution in [3.05, 3.63) is 47.6 Å². The molecule has 17 heavy (non-hydrogen) atoms. The van der Waals surface area contributed by atoms with Gasteiger partial charge in [0, 0.05) is 12.8 Å². The number of hydrogen-bond donors (Lipinski definition) is 0. The highest BCUT2D eigenvalue weighted by Crippen LogP contribution is 2.17. The van der Waals surface area contributed by atoms with E-state index in [-0.39, 0.29) is 0 Å². The Balaban J connectivity index is 4.73. The van der Waals surface area contributed by atoms with Crippen LogP contribution < -0.4 is 0 Å². The largest absolute Gasteiger partial charge is 0.293 e. The lowest BCUT2D eigenvalue weighted by Crippen LogP contribution is -2.00. The number of hydrogen-bond acceptors (Lipinski definition) is 1. The van der Waals surface area contributed by atoms with Crippen LogP contribution in [0.15, 0.2) is 52.6 Å². The summed E-state index contributed by atoms with van der Waals surface area (Å²) < 4.78 is 0. The zero-order valence-corrected chi connectivity index (χ0v) is 11.9. The van der Waals surface area contributed by atoms with Crippen LogP contribution in [0, 0.1) is 0 Å². The third-order valence-electron chi connectivity index (χ3n) is 2.80. The lowest BCUT2D eigenvalue weighted by Gasteiger charge is -2.10. The van der Waals surface area contributed by atoms with Gasteiger partial charge < -0.3 is 0 Å². The van der Waals surface area contributed by atoms with Gasteiger partial charge in [0.25, 0.3) is 0 Å². The first-order chi connectivity index (χ1) is 8.06. The van der Waals surface area contributed by atoms with Crippen LogP contribution in [0.1, 0.15) is 40.5 Å². The molecule has 0 aliphatic carbocycles. The average molecular weight is 231 g/mol. The first-order valence-electron chi connectivity index (χ1n) is 6.11. The van der Waals surface area contributed by atoms with Crippen LogP contribution in [0.4, 0.5) is 0 Å². The molecule has 1 heteroatoms. The van der Waals surface area contributed by atoms with Crippen LogP contribution in [0.3, 0.4) is 0 Å². The first kappa shape index (κ1) is 15.6. The normalized spacial score (nSPS) is 13.0. The van der Waals surface area contributed by atoms with Gasteiger partial charge >= 0.3 is 0 Å². The van der Waals surface area contributed by atoms with Gasteiger partial charge in [-0.3, -0.25) is 4.99 Å². The zero-order valence-electron chi connectivity index (χ0n) is 11.9. The van der Waals surface area contributed by atoms with Gasteiger partial charge in [-0.1, -0.05) is 36.5 Å². The molecule has 1 nitrogen and oxygen atoms in total. The molecule has 0 rings (SSSR count). The van der Waals surface area contributed by atoms with Gasteiger partial charge in [0.15, 0.2) is 0 Å². The SMILES string of the molecule is C=C/C(=C\C=C/C)CCC(C(C)=NC)=C(C)C. The Labute approximate surface area is 106 Å². The van der Waals surface area contributed by atoms with E-state index in [1.807, 2.05) is 26.1 Å². The molecule has 0 unspecified atom stereocenters. The number of allylic oxidation sites excluding steroid dienone is 7. The fourth-order valence-corrected chi connectivity index (χ4v) is 1.67. The summed E-state index contributed by atoms with van der Waals surface area (Å²) in [6.07, 6.45) is 10.2. The van der Waals surface area contributed by atoms with Crippen LogP contribution in [0.25, 0.3) is 0 Å². The molecule has 0 aromatic rings. The van der Waals surface area contributed by atoms with Crippen molar-refractivity contribution in [1.82, 2.24) is 0 Å². The van der Waals surface area contributed by atoms with Gasteiger partial charge in [-0.05, 0) is 51.7 Å². The summed E-state index contributed by atoms with van der Waals surface area (Å²) >= 11 is 0. The van der Waals surface area contributed by atoms with Crippen LogP contribution in [0.2, 0.25) is 0 Å². The van der Waals surface area contributed by atoms with Gasteiger partial charge in [0.05, 0.1) is 0 Å². The highest BCUT2D eigenvalue weighted by Gasteiger charge is 2.04. The summed E-state index contributed by atoms with van der Waals surface area (Å²) in [7, 11) is 1.85. The molecule has 0 aliphatic rings. The monoisotopic (exact) mass is 231 g/mol. The minimum absolute atomic E-state index is 1.02. The Morgan fingerprint density at radius 2 is 1.82 bits per heavy atom. The van der Waals surface area contributed by atoms with E-state index >= 15 is 0 Å². The highest BCUT2D eigenvalue weighted by atomic mass is 14.7. The summed E-state index contributed by atoms with van der Waals surface area (Å²) in [4.78, 5) is 4.28. The topological polar surface area (TPSA) is 12.4 Å². The van der Waals surface area contributed by atoms with Crippen molar-refractivity contribution in [2.24, 2.45) is 4.99 Å². The summed E-state index contributed by atoms with van der Waals surface area (Å²) in [6, 6.07) is 0. The van der Waals surface area contributed by atoms with Crippen molar-refractivity contribution < 1.29 is 0 Å². The molecule has 0 radical (unpaired) electrons. The van der Waals surface area contributed by atoms with E-state index in [0.717, 1.165) is 18.6 Å². The molecule has 0 N–H and O–H groups in total. The van der Waals surface area contributed by atoms with Crippen molar-refractivity contribution in [1.29, 1.82) is 0 Å². The minimum Gasteiger partial charge on any atom is -0.293 e. The standard InChI is InChI=1S/C16H25N/c1-7-9-10-15(8-2)11-12-16(13(3)4)14(5)17-6/h7-10H,2,11-12H2,1,3-6H3/b9-7-,15-10+,17-14?. The maximum absolute atomic E-state index is 4.28. The van der Waals surface area contributed by atoms with E-state index < -0.39 is 0 Å². The van der Waals surface area contributed by atoms with Gasteiger partial charge in [0.1, 0.15) is 0 Å². The van der Waals surface area contributed by atoms with E-state index in [4.69, 9.17) is 0 Å². The molecule has 94 valence electrons. The smallest absolute Gasteiger partial charge is 0.0345 e. The van der Waals surface area contributed by atoms with Crippen LogP contribution in [0.5, 0.6) is 0 Å². The number of rotatable bonds is 6. The fourth-order valence-electron chi connectivity index (χ4n) is 1.67. The molecule has 0 aliphatic heterocycles. The molecule has 0 amide bonds. The molecular formula is C16H25N.